The zero-order valence-electron chi connectivity index (χ0n) is 16.4. The maximum Gasteiger partial charge on any atom is 0.414 e. The molecule has 10 heteroatoms. The van der Waals surface area contributed by atoms with Crippen molar-refractivity contribution in [3.05, 3.63) is 24.0 Å². The third-order valence-corrected chi connectivity index (χ3v) is 4.84. The molecule has 9 nitrogen and oxygen atoms in total. The number of piperidine rings is 1. The summed E-state index contributed by atoms with van der Waals surface area (Å²) in [7, 11) is 0. The fraction of sp³-hybridized carbons (Fsp3) is 0.526. The summed E-state index contributed by atoms with van der Waals surface area (Å²) in [4.78, 5) is 26.4. The van der Waals surface area contributed by atoms with E-state index in [1.54, 1.807) is 12.1 Å². The van der Waals surface area contributed by atoms with Crippen molar-refractivity contribution in [2.45, 2.75) is 25.9 Å². The lowest BCUT2D eigenvalue weighted by atomic mass is 10.1. The van der Waals surface area contributed by atoms with Crippen LogP contribution in [-0.2, 0) is 9.53 Å². The van der Waals surface area contributed by atoms with Crippen LogP contribution in [0.3, 0.4) is 0 Å². The maximum atomic E-state index is 14.8. The van der Waals surface area contributed by atoms with Gasteiger partial charge in [0, 0.05) is 38.6 Å². The average Bonchev–Trinajstić information content (AvgIpc) is 3.08. The lowest BCUT2D eigenvalue weighted by molar-refractivity contribution is -0.119. The summed E-state index contributed by atoms with van der Waals surface area (Å²) in [5.74, 6) is -0.604. The number of hydrogen-bond donors (Lipinski definition) is 3. The molecule has 1 aromatic rings. The number of rotatable bonds is 7. The van der Waals surface area contributed by atoms with Crippen LogP contribution >= 0.6 is 0 Å². The van der Waals surface area contributed by atoms with Gasteiger partial charge in [-0.1, -0.05) is 0 Å². The standard InChI is InChI=1S/C19H26FN5O4/c1-13(27)21-11-16-12-25(19(28)29-16)15-2-3-18(17(20)10-15)24-7-4-14(5-8-24)23-22-6-9-26/h2-3,10,16,22,26H,4-9,11-12H2,1H3,(H,21,27). The molecule has 0 radical (unpaired) electrons. The Balaban J connectivity index is 1.60. The Kier molecular flexibility index (Phi) is 6.86. The van der Waals surface area contributed by atoms with Crippen molar-refractivity contribution >= 4 is 29.1 Å². The minimum Gasteiger partial charge on any atom is -0.442 e. The fourth-order valence-corrected chi connectivity index (χ4v) is 3.35. The molecule has 2 fully saturated rings. The Morgan fingerprint density at radius 3 is 2.79 bits per heavy atom. The monoisotopic (exact) mass is 407 g/mol. The van der Waals surface area contributed by atoms with E-state index < -0.39 is 18.0 Å². The first-order chi connectivity index (χ1) is 14.0. The highest BCUT2D eigenvalue weighted by Crippen LogP contribution is 2.29. The Bertz CT molecular complexity index is 778. The second kappa shape index (κ2) is 9.55. The quantitative estimate of drug-likeness (QED) is 0.457. The zero-order valence-corrected chi connectivity index (χ0v) is 16.4. The summed E-state index contributed by atoms with van der Waals surface area (Å²) in [5, 5.41) is 15.6. The van der Waals surface area contributed by atoms with E-state index in [4.69, 9.17) is 9.84 Å². The SMILES string of the molecule is CC(=O)NCC1CN(c2ccc(N3CCC(=NNCCO)CC3)c(F)c2)C(=O)O1. The van der Waals surface area contributed by atoms with Gasteiger partial charge < -0.3 is 25.5 Å². The second-order valence-corrected chi connectivity index (χ2v) is 6.99. The number of carbonyl (C=O) groups excluding carboxylic acids is 2. The van der Waals surface area contributed by atoms with E-state index in [-0.39, 0.29) is 25.6 Å². The van der Waals surface area contributed by atoms with Crippen LogP contribution < -0.4 is 20.5 Å². The molecule has 0 aromatic heterocycles. The Morgan fingerprint density at radius 1 is 1.38 bits per heavy atom. The predicted octanol–water partition coefficient (Wildman–Crippen LogP) is 0.825. The largest absolute Gasteiger partial charge is 0.442 e. The minimum atomic E-state index is -0.554. The summed E-state index contributed by atoms with van der Waals surface area (Å²) >= 11 is 0. The lowest BCUT2D eigenvalue weighted by Gasteiger charge is -2.30. The molecule has 1 atom stereocenters. The van der Waals surface area contributed by atoms with Gasteiger partial charge in [0.05, 0.1) is 37.6 Å². The number of aliphatic hydroxyl groups is 1. The molecule has 2 amide bonds. The molecule has 3 rings (SSSR count). The van der Waals surface area contributed by atoms with E-state index in [9.17, 15) is 14.0 Å². The Morgan fingerprint density at radius 2 is 2.14 bits per heavy atom. The molecule has 0 saturated carbocycles. The van der Waals surface area contributed by atoms with Crippen molar-refractivity contribution in [3.63, 3.8) is 0 Å². The molecule has 2 saturated heterocycles. The number of cyclic esters (lactones) is 1. The maximum absolute atomic E-state index is 14.8. The van der Waals surface area contributed by atoms with Gasteiger partial charge >= 0.3 is 6.09 Å². The molecule has 1 aromatic carbocycles. The number of ether oxygens (including phenoxy) is 1. The van der Waals surface area contributed by atoms with Gasteiger partial charge in [-0.3, -0.25) is 9.69 Å². The van der Waals surface area contributed by atoms with Crippen molar-refractivity contribution in [2.24, 2.45) is 5.10 Å². The van der Waals surface area contributed by atoms with Gasteiger partial charge in [-0.05, 0) is 18.2 Å². The number of amides is 2. The number of nitrogens with zero attached hydrogens (tertiary/aromatic N) is 3. The number of benzene rings is 1. The van der Waals surface area contributed by atoms with Crippen LogP contribution in [0.1, 0.15) is 19.8 Å². The van der Waals surface area contributed by atoms with Crippen LogP contribution in [-0.4, -0.2) is 68.3 Å². The van der Waals surface area contributed by atoms with Gasteiger partial charge in [0.15, 0.2) is 0 Å². The van der Waals surface area contributed by atoms with E-state index in [2.05, 4.69) is 15.8 Å². The number of anilines is 2. The number of nitrogens with one attached hydrogen (secondary N) is 2. The van der Waals surface area contributed by atoms with Gasteiger partial charge in [-0.15, -0.1) is 0 Å². The van der Waals surface area contributed by atoms with Crippen molar-refractivity contribution in [2.75, 3.05) is 49.1 Å². The predicted molar refractivity (Wildman–Crippen MR) is 107 cm³/mol. The molecule has 0 bridgehead atoms. The van der Waals surface area contributed by atoms with Crippen molar-refractivity contribution in [1.82, 2.24) is 10.7 Å². The third-order valence-electron chi connectivity index (χ3n) is 4.84. The smallest absolute Gasteiger partial charge is 0.414 e. The van der Waals surface area contributed by atoms with E-state index >= 15 is 0 Å². The first-order valence-electron chi connectivity index (χ1n) is 9.64. The van der Waals surface area contributed by atoms with Crippen molar-refractivity contribution < 1.29 is 23.8 Å². The molecule has 29 heavy (non-hydrogen) atoms. The summed E-state index contributed by atoms with van der Waals surface area (Å²) in [6.07, 6.45) is 0.404. The van der Waals surface area contributed by atoms with Crippen LogP contribution in [0, 0.1) is 5.82 Å². The molecular weight excluding hydrogens is 381 g/mol. The van der Waals surface area contributed by atoms with Crippen LogP contribution in [0.15, 0.2) is 23.3 Å². The van der Waals surface area contributed by atoms with Gasteiger partial charge in [0.2, 0.25) is 5.91 Å². The Labute approximate surface area is 168 Å². The van der Waals surface area contributed by atoms with Gasteiger partial charge in [-0.2, -0.15) is 5.10 Å². The highest BCUT2D eigenvalue weighted by atomic mass is 19.1. The molecule has 158 valence electrons. The zero-order chi connectivity index (χ0) is 20.8. The van der Waals surface area contributed by atoms with Crippen molar-refractivity contribution in [1.29, 1.82) is 0 Å². The molecule has 0 aliphatic carbocycles. The number of carbonyl (C=O) groups is 2. The van der Waals surface area contributed by atoms with Gasteiger partial charge in [0.25, 0.3) is 0 Å². The van der Waals surface area contributed by atoms with E-state index in [0.717, 1.165) is 5.71 Å². The van der Waals surface area contributed by atoms with Crippen LogP contribution in [0.25, 0.3) is 0 Å². The van der Waals surface area contributed by atoms with Gasteiger partial charge in [-0.25, -0.2) is 9.18 Å². The van der Waals surface area contributed by atoms with E-state index in [1.165, 1.54) is 17.9 Å². The van der Waals surface area contributed by atoms with Gasteiger partial charge in [0.1, 0.15) is 11.9 Å². The summed E-state index contributed by atoms with van der Waals surface area (Å²) in [6.45, 7) is 3.59. The molecule has 1 unspecified atom stereocenters. The summed E-state index contributed by atoms with van der Waals surface area (Å²) in [6, 6.07) is 4.71. The highest BCUT2D eigenvalue weighted by molar-refractivity contribution is 5.90. The molecular formula is C19H26FN5O4. The van der Waals surface area contributed by atoms with Crippen molar-refractivity contribution in [3.8, 4) is 0 Å². The molecule has 3 N–H and O–H groups in total. The number of halogens is 1. The first kappa shape index (κ1) is 20.8. The second-order valence-electron chi connectivity index (χ2n) is 6.99. The average molecular weight is 407 g/mol. The summed E-state index contributed by atoms with van der Waals surface area (Å²) in [5.41, 5.74) is 4.71. The van der Waals surface area contributed by atoms with Crippen LogP contribution in [0.4, 0.5) is 20.6 Å². The topological polar surface area (TPSA) is 107 Å². The normalized spacial score (nSPS) is 19.2. The fourth-order valence-electron chi connectivity index (χ4n) is 3.35. The van der Waals surface area contributed by atoms with E-state index in [0.29, 0.717) is 43.9 Å². The molecule has 2 aliphatic heterocycles. The number of hydrazone groups is 1. The van der Waals surface area contributed by atoms with Crippen LogP contribution in [0.5, 0.6) is 0 Å². The molecule has 0 spiro atoms. The first-order valence-corrected chi connectivity index (χ1v) is 9.64. The lowest BCUT2D eigenvalue weighted by Crippen LogP contribution is -2.35. The summed E-state index contributed by atoms with van der Waals surface area (Å²) < 4.78 is 20.0. The number of hydrogen-bond acceptors (Lipinski definition) is 7. The molecule has 2 heterocycles. The Hall–Kier alpha value is -2.88. The van der Waals surface area contributed by atoms with E-state index in [1.807, 2.05) is 4.90 Å². The minimum absolute atomic E-state index is 0.0268. The molecule has 2 aliphatic rings. The third kappa shape index (κ3) is 5.35. The number of aliphatic hydroxyl groups excluding tert-OH is 1. The highest BCUT2D eigenvalue weighted by Gasteiger charge is 2.33. The van der Waals surface area contributed by atoms with Crippen LogP contribution in [0.2, 0.25) is 0 Å².